The van der Waals surface area contributed by atoms with Crippen molar-refractivity contribution in [2.45, 2.75) is 39.0 Å². The van der Waals surface area contributed by atoms with E-state index in [1.807, 2.05) is 11.3 Å². The standard InChI is InChI=1S/C13H16O2S/c1-13(2)10(11(13)12(14)15)9-6-7-4-3-5-8(7)16-9/h6,10-11H,3-5H2,1-2H3,(H,14,15). The summed E-state index contributed by atoms with van der Waals surface area (Å²) in [5.41, 5.74) is 1.43. The molecular weight excluding hydrogens is 220 g/mol. The molecule has 1 fully saturated rings. The largest absolute Gasteiger partial charge is 0.481 e. The van der Waals surface area contributed by atoms with E-state index in [0.29, 0.717) is 0 Å². The van der Waals surface area contributed by atoms with Gasteiger partial charge in [-0.05, 0) is 36.3 Å². The first-order valence-electron chi connectivity index (χ1n) is 5.86. The molecule has 86 valence electrons. The summed E-state index contributed by atoms with van der Waals surface area (Å²) in [6.45, 7) is 4.14. The Labute approximate surface area is 99.3 Å². The van der Waals surface area contributed by atoms with Gasteiger partial charge in [0.05, 0.1) is 5.92 Å². The molecule has 2 aliphatic rings. The molecule has 2 atom stereocenters. The Morgan fingerprint density at radius 3 is 2.81 bits per heavy atom. The molecule has 2 nitrogen and oxygen atoms in total. The maximum Gasteiger partial charge on any atom is 0.307 e. The van der Waals surface area contributed by atoms with Gasteiger partial charge in [0.2, 0.25) is 0 Å². The van der Waals surface area contributed by atoms with Gasteiger partial charge in [0, 0.05) is 15.7 Å². The number of hydrogen-bond acceptors (Lipinski definition) is 2. The Bertz CT molecular complexity index is 437. The van der Waals surface area contributed by atoms with Crippen molar-refractivity contribution in [3.8, 4) is 0 Å². The average Bonchev–Trinajstić information content (AvgIpc) is 2.50. The SMILES string of the molecule is CC1(C)C(C(=O)O)C1c1cc2c(s1)CCC2. The lowest BCUT2D eigenvalue weighted by molar-refractivity contribution is -0.139. The van der Waals surface area contributed by atoms with Gasteiger partial charge in [0.25, 0.3) is 0 Å². The molecule has 3 heteroatoms. The van der Waals surface area contributed by atoms with Crippen molar-refractivity contribution in [1.82, 2.24) is 0 Å². The topological polar surface area (TPSA) is 37.3 Å². The monoisotopic (exact) mass is 236 g/mol. The van der Waals surface area contributed by atoms with Crippen molar-refractivity contribution in [3.63, 3.8) is 0 Å². The van der Waals surface area contributed by atoms with Gasteiger partial charge in [-0.25, -0.2) is 0 Å². The third kappa shape index (κ3) is 1.27. The maximum atomic E-state index is 11.1. The third-order valence-corrected chi connectivity index (χ3v) is 5.49. The Morgan fingerprint density at radius 2 is 2.25 bits per heavy atom. The third-order valence-electron chi connectivity index (χ3n) is 4.17. The van der Waals surface area contributed by atoms with Gasteiger partial charge in [-0.1, -0.05) is 13.8 Å². The molecule has 0 radical (unpaired) electrons. The van der Waals surface area contributed by atoms with Crippen LogP contribution in [0.25, 0.3) is 0 Å². The number of aryl methyl sites for hydroxylation is 2. The van der Waals surface area contributed by atoms with E-state index in [9.17, 15) is 9.90 Å². The molecule has 0 aliphatic heterocycles. The number of aliphatic carboxylic acids is 1. The first-order valence-corrected chi connectivity index (χ1v) is 6.67. The normalized spacial score (nSPS) is 30.1. The Morgan fingerprint density at radius 1 is 1.50 bits per heavy atom. The number of fused-ring (bicyclic) bond motifs is 1. The van der Waals surface area contributed by atoms with E-state index in [0.717, 1.165) is 0 Å². The van der Waals surface area contributed by atoms with Gasteiger partial charge < -0.3 is 5.11 Å². The zero-order valence-electron chi connectivity index (χ0n) is 9.62. The maximum absolute atomic E-state index is 11.1. The minimum atomic E-state index is -0.636. The number of hydrogen-bond donors (Lipinski definition) is 1. The summed E-state index contributed by atoms with van der Waals surface area (Å²) >= 11 is 1.85. The van der Waals surface area contributed by atoms with Crippen LogP contribution in [0.3, 0.4) is 0 Å². The van der Waals surface area contributed by atoms with Crippen LogP contribution >= 0.6 is 11.3 Å². The summed E-state index contributed by atoms with van der Waals surface area (Å²) in [6.07, 6.45) is 3.67. The zero-order valence-corrected chi connectivity index (χ0v) is 10.4. The summed E-state index contributed by atoms with van der Waals surface area (Å²) in [7, 11) is 0. The number of rotatable bonds is 2. The van der Waals surface area contributed by atoms with Crippen LogP contribution in [-0.2, 0) is 17.6 Å². The lowest BCUT2D eigenvalue weighted by Gasteiger charge is -1.98. The molecule has 0 aromatic carbocycles. The summed E-state index contributed by atoms with van der Waals surface area (Å²) < 4.78 is 0. The highest BCUT2D eigenvalue weighted by atomic mass is 32.1. The van der Waals surface area contributed by atoms with Crippen molar-refractivity contribution in [1.29, 1.82) is 0 Å². The van der Waals surface area contributed by atoms with E-state index >= 15 is 0 Å². The van der Waals surface area contributed by atoms with Crippen molar-refractivity contribution in [2.24, 2.45) is 11.3 Å². The molecule has 1 heterocycles. The van der Waals surface area contributed by atoms with Crippen LogP contribution in [-0.4, -0.2) is 11.1 Å². The fourth-order valence-corrected chi connectivity index (χ4v) is 4.73. The highest BCUT2D eigenvalue weighted by Crippen LogP contribution is 2.65. The van der Waals surface area contributed by atoms with E-state index in [1.165, 1.54) is 34.6 Å². The summed E-state index contributed by atoms with van der Waals surface area (Å²) in [4.78, 5) is 14.0. The number of carboxylic acid groups (broad SMARTS) is 1. The first kappa shape index (κ1) is 10.3. The van der Waals surface area contributed by atoms with Crippen molar-refractivity contribution in [2.75, 3.05) is 0 Å². The van der Waals surface area contributed by atoms with Crippen molar-refractivity contribution >= 4 is 17.3 Å². The molecule has 0 spiro atoms. The molecule has 3 rings (SSSR count). The molecule has 1 N–H and O–H groups in total. The van der Waals surface area contributed by atoms with Crippen LogP contribution in [0, 0.1) is 11.3 Å². The average molecular weight is 236 g/mol. The molecule has 1 aromatic heterocycles. The lowest BCUT2D eigenvalue weighted by atomic mass is 10.1. The number of thiophene rings is 1. The fourth-order valence-electron chi connectivity index (χ4n) is 3.13. The van der Waals surface area contributed by atoms with Crippen molar-refractivity contribution < 1.29 is 9.90 Å². The van der Waals surface area contributed by atoms with Gasteiger partial charge in [0.1, 0.15) is 0 Å². The van der Waals surface area contributed by atoms with E-state index in [1.54, 1.807) is 0 Å². The molecule has 0 saturated heterocycles. The minimum Gasteiger partial charge on any atom is -0.481 e. The van der Waals surface area contributed by atoms with Crippen LogP contribution in [0.4, 0.5) is 0 Å². The summed E-state index contributed by atoms with van der Waals surface area (Å²) in [5.74, 6) is -0.560. The smallest absolute Gasteiger partial charge is 0.307 e. The molecule has 2 unspecified atom stereocenters. The van der Waals surface area contributed by atoms with Crippen LogP contribution in [0.15, 0.2) is 6.07 Å². The van der Waals surface area contributed by atoms with Crippen LogP contribution in [0.1, 0.15) is 41.5 Å². The second kappa shape index (κ2) is 3.10. The van der Waals surface area contributed by atoms with Gasteiger partial charge in [-0.15, -0.1) is 11.3 Å². The van der Waals surface area contributed by atoms with E-state index < -0.39 is 5.97 Å². The van der Waals surface area contributed by atoms with Gasteiger partial charge in [-0.3, -0.25) is 4.79 Å². The highest BCUT2D eigenvalue weighted by molar-refractivity contribution is 7.12. The molecular formula is C13H16O2S. The van der Waals surface area contributed by atoms with Gasteiger partial charge in [-0.2, -0.15) is 0 Å². The molecule has 1 aromatic rings. The van der Waals surface area contributed by atoms with Crippen LogP contribution < -0.4 is 0 Å². The van der Waals surface area contributed by atoms with Crippen LogP contribution in [0.2, 0.25) is 0 Å². The highest BCUT2D eigenvalue weighted by Gasteiger charge is 2.63. The molecule has 1 saturated carbocycles. The summed E-state index contributed by atoms with van der Waals surface area (Å²) in [5, 5.41) is 9.17. The Kier molecular flexibility index (Phi) is 2.00. The molecule has 16 heavy (non-hydrogen) atoms. The first-order chi connectivity index (χ1) is 7.51. The van der Waals surface area contributed by atoms with Crippen molar-refractivity contribution in [3.05, 3.63) is 21.4 Å². The molecule has 2 aliphatic carbocycles. The fraction of sp³-hybridized carbons (Fsp3) is 0.615. The van der Waals surface area contributed by atoms with E-state index in [4.69, 9.17) is 0 Å². The molecule has 0 bridgehead atoms. The molecule has 0 amide bonds. The van der Waals surface area contributed by atoms with Crippen LogP contribution in [0.5, 0.6) is 0 Å². The predicted octanol–water partition coefficient (Wildman–Crippen LogP) is 3.06. The number of carbonyl (C=O) groups is 1. The van der Waals surface area contributed by atoms with E-state index in [-0.39, 0.29) is 17.3 Å². The van der Waals surface area contributed by atoms with Gasteiger partial charge in [0.15, 0.2) is 0 Å². The minimum absolute atomic E-state index is 0.0512. The lowest BCUT2D eigenvalue weighted by Crippen LogP contribution is -2.02. The van der Waals surface area contributed by atoms with Gasteiger partial charge >= 0.3 is 5.97 Å². The zero-order chi connectivity index (χ0) is 11.5. The summed E-state index contributed by atoms with van der Waals surface area (Å²) in [6, 6.07) is 2.27. The second-order valence-corrected chi connectivity index (χ2v) is 6.73. The Balaban J connectivity index is 1.91. The quantitative estimate of drug-likeness (QED) is 0.857. The second-order valence-electron chi connectivity index (χ2n) is 5.57. The number of carboxylic acids is 1. The predicted molar refractivity (Wildman–Crippen MR) is 64.0 cm³/mol. The van der Waals surface area contributed by atoms with E-state index in [2.05, 4.69) is 19.9 Å². The Hall–Kier alpha value is -0.830.